The van der Waals surface area contributed by atoms with Crippen molar-refractivity contribution in [2.24, 2.45) is 5.10 Å². The number of para-hydroxylation sites is 2. The summed E-state index contributed by atoms with van der Waals surface area (Å²) in [6.45, 7) is 0.370. The molecule has 3 rings (SSSR count). The van der Waals surface area contributed by atoms with Gasteiger partial charge in [-0.25, -0.2) is 5.43 Å². The van der Waals surface area contributed by atoms with E-state index in [1.165, 1.54) is 6.21 Å². The molecule has 29 heavy (non-hydrogen) atoms. The van der Waals surface area contributed by atoms with Crippen molar-refractivity contribution in [3.05, 3.63) is 89.5 Å². The van der Waals surface area contributed by atoms with Crippen molar-refractivity contribution in [3.8, 4) is 17.2 Å². The van der Waals surface area contributed by atoms with Gasteiger partial charge in [-0.05, 0) is 29.8 Å². The van der Waals surface area contributed by atoms with Crippen molar-refractivity contribution >= 4 is 12.1 Å². The van der Waals surface area contributed by atoms with E-state index in [0.717, 1.165) is 5.56 Å². The van der Waals surface area contributed by atoms with Gasteiger partial charge >= 0.3 is 0 Å². The van der Waals surface area contributed by atoms with Gasteiger partial charge in [0, 0.05) is 5.56 Å². The van der Waals surface area contributed by atoms with E-state index in [2.05, 4.69) is 10.5 Å². The summed E-state index contributed by atoms with van der Waals surface area (Å²) in [5.41, 5.74) is 4.63. The van der Waals surface area contributed by atoms with E-state index >= 15 is 0 Å². The van der Waals surface area contributed by atoms with E-state index in [-0.39, 0.29) is 5.91 Å². The smallest absolute Gasteiger partial charge is 0.275 e. The summed E-state index contributed by atoms with van der Waals surface area (Å²) >= 11 is 0. The second kappa shape index (κ2) is 9.94. The van der Waals surface area contributed by atoms with Crippen LogP contribution in [-0.4, -0.2) is 26.3 Å². The Bertz CT molecular complexity index is 987. The fraction of sp³-hybridized carbons (Fsp3) is 0.130. The van der Waals surface area contributed by atoms with Gasteiger partial charge in [0.25, 0.3) is 5.91 Å². The van der Waals surface area contributed by atoms with Crippen LogP contribution >= 0.6 is 0 Å². The number of methoxy groups -OCH3 is 2. The number of nitrogens with one attached hydrogen (secondary N) is 1. The van der Waals surface area contributed by atoms with E-state index in [0.29, 0.717) is 35.0 Å². The molecule has 0 saturated carbocycles. The number of carbonyl (C=O) groups excluding carboxylic acids is 1. The van der Waals surface area contributed by atoms with Crippen LogP contribution in [0, 0.1) is 0 Å². The van der Waals surface area contributed by atoms with Crippen LogP contribution in [-0.2, 0) is 6.61 Å². The van der Waals surface area contributed by atoms with Gasteiger partial charge in [0.15, 0.2) is 11.5 Å². The number of ether oxygens (including phenoxy) is 3. The first-order chi connectivity index (χ1) is 14.2. The average Bonchev–Trinajstić information content (AvgIpc) is 2.78. The summed E-state index contributed by atoms with van der Waals surface area (Å²) < 4.78 is 16.4. The highest BCUT2D eigenvalue weighted by atomic mass is 16.5. The molecular formula is C23H22N2O4. The number of benzene rings is 3. The molecule has 0 saturated heterocycles. The molecular weight excluding hydrogens is 368 g/mol. The quantitative estimate of drug-likeness (QED) is 0.465. The highest BCUT2D eigenvalue weighted by Crippen LogP contribution is 2.29. The van der Waals surface area contributed by atoms with Crippen LogP contribution in [0.1, 0.15) is 21.5 Å². The highest BCUT2D eigenvalue weighted by Gasteiger charge is 2.12. The molecule has 0 unspecified atom stereocenters. The van der Waals surface area contributed by atoms with Gasteiger partial charge in [-0.2, -0.15) is 5.10 Å². The van der Waals surface area contributed by atoms with Crippen molar-refractivity contribution in [2.75, 3.05) is 14.2 Å². The van der Waals surface area contributed by atoms with Gasteiger partial charge < -0.3 is 14.2 Å². The summed E-state index contributed by atoms with van der Waals surface area (Å²) in [5.74, 6) is 1.25. The topological polar surface area (TPSA) is 69.2 Å². The third kappa shape index (κ3) is 5.13. The number of rotatable bonds is 8. The van der Waals surface area contributed by atoms with Gasteiger partial charge in [-0.3, -0.25) is 4.79 Å². The fourth-order valence-corrected chi connectivity index (χ4v) is 2.75. The monoisotopic (exact) mass is 390 g/mol. The van der Waals surface area contributed by atoms with Crippen molar-refractivity contribution in [3.63, 3.8) is 0 Å². The van der Waals surface area contributed by atoms with Crippen LogP contribution in [0.15, 0.2) is 77.9 Å². The zero-order valence-electron chi connectivity index (χ0n) is 16.3. The molecule has 0 heterocycles. The maximum absolute atomic E-state index is 12.6. The Balaban J connectivity index is 1.69. The molecule has 148 valence electrons. The molecule has 0 aromatic heterocycles. The van der Waals surface area contributed by atoms with Gasteiger partial charge in [0.1, 0.15) is 12.4 Å². The second-order valence-electron chi connectivity index (χ2n) is 6.05. The number of carbonyl (C=O) groups is 1. The Kier molecular flexibility index (Phi) is 6.84. The molecule has 0 atom stereocenters. The van der Waals surface area contributed by atoms with E-state index in [1.807, 2.05) is 48.5 Å². The third-order valence-electron chi connectivity index (χ3n) is 4.17. The molecule has 0 aliphatic rings. The van der Waals surface area contributed by atoms with Crippen LogP contribution in [0.4, 0.5) is 0 Å². The van der Waals surface area contributed by atoms with Crippen molar-refractivity contribution < 1.29 is 19.0 Å². The molecule has 1 N–H and O–H groups in total. The molecule has 0 aliphatic heterocycles. The molecule has 0 fully saturated rings. The first kappa shape index (κ1) is 19.9. The van der Waals surface area contributed by atoms with E-state index in [1.54, 1.807) is 38.5 Å². The molecule has 3 aromatic rings. The minimum Gasteiger partial charge on any atom is -0.493 e. The molecule has 3 aromatic carbocycles. The standard InChI is InChI=1S/C23H22N2O4/c1-27-21-14-8-11-18(22(21)28-2)15-24-25-23(26)19-12-6-7-13-20(19)29-16-17-9-4-3-5-10-17/h3-15H,16H2,1-2H3,(H,25,26)/b24-15-. The predicted octanol–water partition coefficient (Wildman–Crippen LogP) is 4.05. The Labute approximate surface area is 169 Å². The minimum atomic E-state index is -0.369. The lowest BCUT2D eigenvalue weighted by Gasteiger charge is -2.11. The highest BCUT2D eigenvalue weighted by molar-refractivity contribution is 5.97. The number of nitrogens with zero attached hydrogens (tertiary/aromatic N) is 1. The summed E-state index contributed by atoms with van der Waals surface area (Å²) in [6.07, 6.45) is 1.51. The number of hydrogen-bond acceptors (Lipinski definition) is 5. The fourth-order valence-electron chi connectivity index (χ4n) is 2.75. The number of hydrazone groups is 1. The van der Waals surface area contributed by atoms with Crippen LogP contribution in [0.25, 0.3) is 0 Å². The van der Waals surface area contributed by atoms with Crippen molar-refractivity contribution in [2.45, 2.75) is 6.61 Å². The largest absolute Gasteiger partial charge is 0.493 e. The number of hydrogen-bond donors (Lipinski definition) is 1. The normalized spacial score (nSPS) is 10.6. The molecule has 6 nitrogen and oxygen atoms in total. The lowest BCUT2D eigenvalue weighted by molar-refractivity contribution is 0.0950. The van der Waals surface area contributed by atoms with E-state index in [9.17, 15) is 4.79 Å². The van der Waals surface area contributed by atoms with Gasteiger partial charge in [0.05, 0.1) is 26.0 Å². The summed E-state index contributed by atoms with van der Waals surface area (Å²) in [5, 5.41) is 4.05. The molecule has 1 amide bonds. The maximum atomic E-state index is 12.6. The van der Waals surface area contributed by atoms with Crippen LogP contribution in [0.3, 0.4) is 0 Å². The average molecular weight is 390 g/mol. The third-order valence-corrected chi connectivity index (χ3v) is 4.17. The Hall–Kier alpha value is -3.80. The Morgan fingerprint density at radius 1 is 0.897 bits per heavy atom. The van der Waals surface area contributed by atoms with E-state index in [4.69, 9.17) is 14.2 Å². The van der Waals surface area contributed by atoms with Crippen molar-refractivity contribution in [1.29, 1.82) is 0 Å². The predicted molar refractivity (Wildman–Crippen MR) is 112 cm³/mol. The first-order valence-corrected chi connectivity index (χ1v) is 9.03. The van der Waals surface area contributed by atoms with Crippen LogP contribution < -0.4 is 19.6 Å². The molecule has 6 heteroatoms. The van der Waals surface area contributed by atoms with E-state index < -0.39 is 0 Å². The zero-order valence-corrected chi connectivity index (χ0v) is 16.3. The molecule has 0 aliphatic carbocycles. The molecule has 0 spiro atoms. The molecule has 0 bridgehead atoms. The summed E-state index contributed by atoms with van der Waals surface area (Å²) in [7, 11) is 3.11. The van der Waals surface area contributed by atoms with Crippen LogP contribution in [0.5, 0.6) is 17.2 Å². The first-order valence-electron chi connectivity index (χ1n) is 9.03. The SMILES string of the molecule is COc1cccc(/C=N\NC(=O)c2ccccc2OCc2ccccc2)c1OC. The van der Waals surface area contributed by atoms with Crippen LogP contribution in [0.2, 0.25) is 0 Å². The number of amides is 1. The summed E-state index contributed by atoms with van der Waals surface area (Å²) in [6, 6.07) is 22.2. The molecule has 0 radical (unpaired) electrons. The Morgan fingerprint density at radius 2 is 1.62 bits per heavy atom. The minimum absolute atomic E-state index is 0.369. The lowest BCUT2D eigenvalue weighted by Crippen LogP contribution is -2.18. The van der Waals surface area contributed by atoms with Gasteiger partial charge in [-0.1, -0.05) is 48.5 Å². The summed E-state index contributed by atoms with van der Waals surface area (Å²) in [4.78, 5) is 12.6. The Morgan fingerprint density at radius 3 is 2.38 bits per heavy atom. The van der Waals surface area contributed by atoms with Crippen molar-refractivity contribution in [1.82, 2.24) is 5.43 Å². The second-order valence-corrected chi connectivity index (χ2v) is 6.05. The lowest BCUT2D eigenvalue weighted by atomic mass is 10.2. The zero-order chi connectivity index (χ0) is 20.5. The maximum Gasteiger partial charge on any atom is 0.275 e. The van der Waals surface area contributed by atoms with Gasteiger partial charge in [-0.15, -0.1) is 0 Å². The van der Waals surface area contributed by atoms with Gasteiger partial charge in [0.2, 0.25) is 0 Å².